The second-order valence-electron chi connectivity index (χ2n) is 7.91. The number of halogens is 2. The maximum absolute atomic E-state index is 13.1. The quantitative estimate of drug-likeness (QED) is 0.577. The fourth-order valence-electron chi connectivity index (χ4n) is 3.90. The standard InChI is InChI=1S/C19H24F2N8O2S/c1-12(26-32(3,30)31)16-10-28(7-6-27(16)2)18-8-14(23-11-24-18)15-9-22-17-5-4-13(19(20)21)25-29(15)17/h4-5,8-9,11-12,16,19,26H,6-7,10H2,1-3H3. The van der Waals surface area contributed by atoms with Gasteiger partial charge >= 0.3 is 0 Å². The summed E-state index contributed by atoms with van der Waals surface area (Å²) in [4.78, 5) is 17.1. The second-order valence-corrected chi connectivity index (χ2v) is 9.69. The molecule has 0 aromatic carbocycles. The highest BCUT2D eigenvalue weighted by Gasteiger charge is 2.31. The van der Waals surface area contributed by atoms with Gasteiger partial charge in [0.1, 0.15) is 23.5 Å². The number of hydrogen-bond acceptors (Lipinski definition) is 8. The first-order chi connectivity index (χ1) is 15.1. The largest absolute Gasteiger partial charge is 0.354 e. The van der Waals surface area contributed by atoms with Crippen molar-refractivity contribution in [1.29, 1.82) is 0 Å². The Kier molecular flexibility index (Phi) is 6.05. The second kappa shape index (κ2) is 8.64. The highest BCUT2D eigenvalue weighted by Crippen LogP contribution is 2.25. The number of aromatic nitrogens is 5. The van der Waals surface area contributed by atoms with Gasteiger partial charge in [-0.05, 0) is 26.1 Å². The van der Waals surface area contributed by atoms with Crippen LogP contribution >= 0.6 is 0 Å². The Morgan fingerprint density at radius 1 is 1.19 bits per heavy atom. The molecule has 0 amide bonds. The number of nitrogens with zero attached hydrogens (tertiary/aromatic N) is 7. The molecule has 1 saturated heterocycles. The summed E-state index contributed by atoms with van der Waals surface area (Å²) in [5.41, 5.74) is 1.06. The van der Waals surface area contributed by atoms with Gasteiger partial charge in [-0.15, -0.1) is 0 Å². The molecule has 0 bridgehead atoms. The summed E-state index contributed by atoms with van der Waals surface area (Å²) in [6, 6.07) is 4.13. The first kappa shape index (κ1) is 22.4. The maximum Gasteiger partial charge on any atom is 0.282 e. The van der Waals surface area contributed by atoms with E-state index in [0.717, 1.165) is 6.26 Å². The van der Waals surface area contributed by atoms with Crippen LogP contribution in [0.3, 0.4) is 0 Å². The molecule has 4 rings (SSSR count). The predicted molar refractivity (Wildman–Crippen MR) is 115 cm³/mol. The first-order valence-electron chi connectivity index (χ1n) is 10.00. The minimum absolute atomic E-state index is 0.0667. The molecule has 172 valence electrons. The van der Waals surface area contributed by atoms with E-state index in [-0.39, 0.29) is 17.8 Å². The van der Waals surface area contributed by atoms with Gasteiger partial charge in [0, 0.05) is 37.8 Å². The highest BCUT2D eigenvalue weighted by molar-refractivity contribution is 7.88. The van der Waals surface area contributed by atoms with Crippen LogP contribution in [-0.4, -0.2) is 82.9 Å². The van der Waals surface area contributed by atoms with Crippen molar-refractivity contribution >= 4 is 21.5 Å². The Hall–Kier alpha value is -2.77. The van der Waals surface area contributed by atoms with E-state index in [2.05, 4.69) is 34.6 Å². The third-order valence-electron chi connectivity index (χ3n) is 5.52. The van der Waals surface area contributed by atoms with Crippen LogP contribution in [0.4, 0.5) is 14.6 Å². The third kappa shape index (κ3) is 4.69. The molecule has 0 spiro atoms. The van der Waals surface area contributed by atoms with Crippen molar-refractivity contribution < 1.29 is 17.2 Å². The molecule has 3 aromatic rings. The smallest absolute Gasteiger partial charge is 0.282 e. The predicted octanol–water partition coefficient (Wildman–Crippen LogP) is 1.18. The molecular weight excluding hydrogens is 442 g/mol. The molecule has 0 radical (unpaired) electrons. The van der Waals surface area contributed by atoms with Crippen molar-refractivity contribution in [3.8, 4) is 11.4 Å². The van der Waals surface area contributed by atoms with Crippen molar-refractivity contribution in [2.24, 2.45) is 0 Å². The Labute approximate surface area is 184 Å². The molecule has 13 heteroatoms. The lowest BCUT2D eigenvalue weighted by Gasteiger charge is -2.42. The number of likely N-dealkylation sites (N-methyl/N-ethyl adjacent to an activating group) is 1. The van der Waals surface area contributed by atoms with Crippen molar-refractivity contribution in [1.82, 2.24) is 34.2 Å². The zero-order chi connectivity index (χ0) is 23.0. The van der Waals surface area contributed by atoms with Gasteiger partial charge in [-0.25, -0.2) is 41.4 Å². The van der Waals surface area contributed by atoms with Crippen molar-refractivity contribution in [2.45, 2.75) is 25.4 Å². The zero-order valence-electron chi connectivity index (χ0n) is 17.9. The summed E-state index contributed by atoms with van der Waals surface area (Å²) in [7, 11) is -1.38. The molecule has 0 aliphatic carbocycles. The molecule has 2 unspecified atom stereocenters. The molecular formula is C19H24F2N8O2S. The summed E-state index contributed by atoms with van der Waals surface area (Å²) in [6.07, 6.45) is 1.39. The van der Waals surface area contributed by atoms with E-state index in [1.54, 1.807) is 6.07 Å². The monoisotopic (exact) mass is 466 g/mol. The van der Waals surface area contributed by atoms with Crippen LogP contribution in [0, 0.1) is 0 Å². The summed E-state index contributed by atoms with van der Waals surface area (Å²) in [5, 5.41) is 3.99. The molecule has 3 aromatic heterocycles. The minimum Gasteiger partial charge on any atom is -0.354 e. The molecule has 10 nitrogen and oxygen atoms in total. The molecule has 1 N–H and O–H groups in total. The van der Waals surface area contributed by atoms with Crippen LogP contribution in [0.2, 0.25) is 0 Å². The lowest BCUT2D eigenvalue weighted by Crippen LogP contribution is -2.59. The number of fused-ring (bicyclic) bond motifs is 1. The fourth-order valence-corrected chi connectivity index (χ4v) is 4.74. The van der Waals surface area contributed by atoms with Crippen molar-refractivity contribution in [2.75, 3.05) is 37.8 Å². The zero-order valence-corrected chi connectivity index (χ0v) is 18.7. The van der Waals surface area contributed by atoms with E-state index >= 15 is 0 Å². The number of sulfonamides is 1. The number of piperazine rings is 1. The Morgan fingerprint density at radius 2 is 1.97 bits per heavy atom. The molecule has 1 fully saturated rings. The topological polar surface area (TPSA) is 109 Å². The number of imidazole rings is 1. The average molecular weight is 467 g/mol. The van der Waals surface area contributed by atoms with E-state index in [1.807, 2.05) is 14.0 Å². The SMILES string of the molecule is CC(NS(C)(=O)=O)C1CN(c2cc(-c3cnc4ccc(C(F)F)nn34)ncn2)CCN1C. The van der Waals surface area contributed by atoms with Gasteiger partial charge in [-0.2, -0.15) is 5.10 Å². The minimum atomic E-state index is -3.34. The average Bonchev–Trinajstić information content (AvgIpc) is 3.16. The van der Waals surface area contributed by atoms with E-state index in [0.29, 0.717) is 42.5 Å². The number of hydrogen-bond donors (Lipinski definition) is 1. The Balaban J connectivity index is 1.62. The molecule has 1 aliphatic heterocycles. The van der Waals surface area contributed by atoms with E-state index in [9.17, 15) is 17.2 Å². The van der Waals surface area contributed by atoms with Crippen molar-refractivity contribution in [3.63, 3.8) is 0 Å². The summed E-state index contributed by atoms with van der Waals surface area (Å²) < 4.78 is 53.5. The van der Waals surface area contributed by atoms with Crippen LogP contribution in [0.1, 0.15) is 19.0 Å². The van der Waals surface area contributed by atoms with Crippen LogP contribution in [0.5, 0.6) is 0 Å². The highest BCUT2D eigenvalue weighted by atomic mass is 32.2. The van der Waals surface area contributed by atoms with Gasteiger partial charge in [0.2, 0.25) is 10.0 Å². The Morgan fingerprint density at radius 3 is 2.69 bits per heavy atom. The molecule has 4 heterocycles. The van der Waals surface area contributed by atoms with Crippen LogP contribution < -0.4 is 9.62 Å². The number of rotatable bonds is 6. The third-order valence-corrected chi connectivity index (χ3v) is 6.32. The lowest BCUT2D eigenvalue weighted by molar-refractivity contribution is 0.144. The molecule has 0 saturated carbocycles. The van der Waals surface area contributed by atoms with Gasteiger partial charge in [-0.1, -0.05) is 0 Å². The van der Waals surface area contributed by atoms with Gasteiger partial charge in [0.05, 0.1) is 18.1 Å². The van der Waals surface area contributed by atoms with E-state index in [4.69, 9.17) is 0 Å². The Bertz CT molecular complexity index is 1220. The molecule has 1 aliphatic rings. The fraction of sp³-hybridized carbons (Fsp3) is 0.474. The summed E-state index contributed by atoms with van der Waals surface area (Å²) in [6.45, 7) is 3.80. The first-order valence-corrected chi connectivity index (χ1v) is 11.9. The summed E-state index contributed by atoms with van der Waals surface area (Å²) in [5.74, 6) is 0.652. The van der Waals surface area contributed by atoms with Gasteiger partial charge in [0.15, 0.2) is 5.65 Å². The normalized spacial score (nSPS) is 19.1. The van der Waals surface area contributed by atoms with Gasteiger partial charge in [-0.3, -0.25) is 4.90 Å². The molecule has 32 heavy (non-hydrogen) atoms. The molecule has 2 atom stereocenters. The number of nitrogens with one attached hydrogen (secondary N) is 1. The van der Waals surface area contributed by atoms with Crippen LogP contribution in [-0.2, 0) is 10.0 Å². The lowest BCUT2D eigenvalue weighted by atomic mass is 10.1. The van der Waals surface area contributed by atoms with Crippen LogP contribution in [0.25, 0.3) is 17.0 Å². The van der Waals surface area contributed by atoms with Crippen LogP contribution in [0.15, 0.2) is 30.7 Å². The van der Waals surface area contributed by atoms with E-state index in [1.165, 1.54) is 29.2 Å². The maximum atomic E-state index is 13.1. The number of alkyl halides is 2. The van der Waals surface area contributed by atoms with Gasteiger partial charge < -0.3 is 4.90 Å². The van der Waals surface area contributed by atoms with E-state index < -0.39 is 16.4 Å². The van der Waals surface area contributed by atoms with Crippen molar-refractivity contribution in [3.05, 3.63) is 36.4 Å². The summed E-state index contributed by atoms with van der Waals surface area (Å²) >= 11 is 0. The van der Waals surface area contributed by atoms with Gasteiger partial charge in [0.25, 0.3) is 6.43 Å². The number of anilines is 1.